The summed E-state index contributed by atoms with van der Waals surface area (Å²) in [6, 6.07) is 10.00. The van der Waals surface area contributed by atoms with Crippen LogP contribution in [0.4, 0.5) is 8.78 Å². The number of hydrogen-bond donors (Lipinski definition) is 2. The lowest BCUT2D eigenvalue weighted by atomic mass is 10.1. The van der Waals surface area contributed by atoms with Gasteiger partial charge < -0.3 is 19.7 Å². The molecule has 1 aliphatic rings. The summed E-state index contributed by atoms with van der Waals surface area (Å²) in [4.78, 5) is 26.5. The molecule has 0 saturated heterocycles. The Morgan fingerprint density at radius 3 is 2.77 bits per heavy atom. The molecule has 2 N–H and O–H groups in total. The molecule has 9 nitrogen and oxygen atoms in total. The normalized spacial score (nSPS) is 15.5. The third-order valence-corrected chi connectivity index (χ3v) is 7.96. The highest BCUT2D eigenvalue weighted by Gasteiger charge is 2.29. The average Bonchev–Trinajstić information content (AvgIpc) is 3.48. The number of aryl methyl sites for hydroxylation is 1. The van der Waals surface area contributed by atoms with Gasteiger partial charge in [-0.1, -0.05) is 12.1 Å². The highest BCUT2D eigenvalue weighted by atomic mass is 32.2. The number of carbonyl (C=O) groups excluding carboxylic acids is 1. The highest BCUT2D eigenvalue weighted by molar-refractivity contribution is 7.84. The van der Waals surface area contributed by atoms with Crippen molar-refractivity contribution in [2.45, 2.75) is 44.7 Å². The van der Waals surface area contributed by atoms with E-state index in [0.717, 1.165) is 28.0 Å². The van der Waals surface area contributed by atoms with Gasteiger partial charge in [0.25, 0.3) is 5.91 Å². The minimum absolute atomic E-state index is 0.00592. The number of imidazole rings is 1. The summed E-state index contributed by atoms with van der Waals surface area (Å²) in [5.41, 5.74) is 4.02. The molecule has 2 atom stereocenters. The molecule has 12 heteroatoms. The van der Waals surface area contributed by atoms with Crippen molar-refractivity contribution in [3.63, 3.8) is 0 Å². The number of aromatic nitrogens is 4. The molecule has 5 rings (SSSR count). The molecule has 4 aromatic rings. The van der Waals surface area contributed by atoms with Gasteiger partial charge in [0, 0.05) is 58.8 Å². The van der Waals surface area contributed by atoms with Crippen molar-refractivity contribution in [2.24, 2.45) is 0 Å². The van der Waals surface area contributed by atoms with Gasteiger partial charge in [0.1, 0.15) is 17.4 Å². The number of halogens is 2. The topological polar surface area (TPSA) is 119 Å². The Kier molecular flexibility index (Phi) is 7.94. The number of nitrogens with one attached hydrogen (secondary N) is 1. The molecule has 0 saturated carbocycles. The molecule has 0 bridgehead atoms. The van der Waals surface area contributed by atoms with E-state index in [4.69, 9.17) is 10.1 Å². The number of benzene rings is 2. The predicted octanol–water partition coefficient (Wildman–Crippen LogP) is 3.91. The van der Waals surface area contributed by atoms with E-state index in [1.54, 1.807) is 25.4 Å². The SMILES string of the molecule is Cc1c(OC(F)F)cccc1C(=O)N[C@@H]1CCn2c1nc1ccc(-c3cnc(C[S@](=O)CCCO)nc3)cc12. The second-order valence-electron chi connectivity index (χ2n) is 9.20. The van der Waals surface area contributed by atoms with Gasteiger partial charge >= 0.3 is 6.61 Å². The molecule has 1 amide bonds. The fourth-order valence-electron chi connectivity index (χ4n) is 4.69. The summed E-state index contributed by atoms with van der Waals surface area (Å²) >= 11 is 0. The van der Waals surface area contributed by atoms with E-state index in [-0.39, 0.29) is 35.6 Å². The summed E-state index contributed by atoms with van der Waals surface area (Å²) in [7, 11) is -1.12. The summed E-state index contributed by atoms with van der Waals surface area (Å²) in [5.74, 6) is 1.45. The lowest BCUT2D eigenvalue weighted by molar-refractivity contribution is -0.0503. The molecule has 3 heterocycles. The van der Waals surface area contributed by atoms with Crippen LogP contribution in [0.1, 0.15) is 46.5 Å². The van der Waals surface area contributed by atoms with Crippen LogP contribution in [0.15, 0.2) is 48.8 Å². The zero-order valence-electron chi connectivity index (χ0n) is 21.1. The number of fused-ring (bicyclic) bond motifs is 3. The molecule has 1 aliphatic heterocycles. The Hall–Kier alpha value is -3.77. The molecule has 0 aliphatic carbocycles. The molecule has 204 valence electrons. The number of aliphatic hydroxyl groups excluding tert-OH is 1. The maximum absolute atomic E-state index is 13.0. The average molecular weight is 556 g/mol. The van der Waals surface area contributed by atoms with Gasteiger partial charge in [0.2, 0.25) is 0 Å². The molecule has 0 unspecified atom stereocenters. The minimum atomic E-state index is -2.97. The van der Waals surface area contributed by atoms with Crippen molar-refractivity contribution in [3.8, 4) is 16.9 Å². The van der Waals surface area contributed by atoms with E-state index in [1.165, 1.54) is 12.1 Å². The van der Waals surface area contributed by atoms with E-state index >= 15 is 0 Å². The van der Waals surface area contributed by atoms with Crippen LogP contribution >= 0.6 is 0 Å². The predicted molar refractivity (Wildman–Crippen MR) is 142 cm³/mol. The first kappa shape index (κ1) is 26.8. The maximum atomic E-state index is 13.0. The van der Waals surface area contributed by atoms with Crippen molar-refractivity contribution in [3.05, 3.63) is 71.6 Å². The van der Waals surface area contributed by atoms with E-state index < -0.39 is 17.4 Å². The van der Waals surface area contributed by atoms with Crippen molar-refractivity contribution in [2.75, 3.05) is 12.4 Å². The number of aliphatic hydroxyl groups is 1. The molecule has 39 heavy (non-hydrogen) atoms. The Balaban J connectivity index is 1.33. The lowest BCUT2D eigenvalue weighted by Gasteiger charge is -2.15. The van der Waals surface area contributed by atoms with Gasteiger partial charge in [-0.15, -0.1) is 0 Å². The van der Waals surface area contributed by atoms with Crippen LogP contribution in [0.2, 0.25) is 0 Å². The van der Waals surface area contributed by atoms with E-state index in [9.17, 15) is 17.8 Å². The van der Waals surface area contributed by atoms with Gasteiger partial charge in [-0.25, -0.2) is 15.0 Å². The zero-order chi connectivity index (χ0) is 27.5. The van der Waals surface area contributed by atoms with E-state index in [1.807, 2.05) is 18.2 Å². The number of rotatable bonds is 10. The maximum Gasteiger partial charge on any atom is 0.387 e. The van der Waals surface area contributed by atoms with Crippen LogP contribution < -0.4 is 10.1 Å². The summed E-state index contributed by atoms with van der Waals surface area (Å²) in [6.45, 7) is -0.737. The third-order valence-electron chi connectivity index (χ3n) is 6.64. The van der Waals surface area contributed by atoms with Crippen LogP contribution in [0.3, 0.4) is 0 Å². The molecular formula is C27H27F2N5O4S. The molecule has 0 radical (unpaired) electrons. The molecular weight excluding hydrogens is 528 g/mol. The fourth-order valence-corrected chi connectivity index (χ4v) is 5.72. The smallest absolute Gasteiger partial charge is 0.387 e. The van der Waals surface area contributed by atoms with Crippen LogP contribution in [-0.2, 0) is 23.1 Å². The molecule has 2 aromatic carbocycles. The standard InChI is InChI=1S/C27H27F2N5O4S/c1-16-19(4-2-5-23(16)38-27(28)29)26(36)33-21-8-9-34-22-12-17(6-7-20(22)32-25(21)34)18-13-30-24(31-14-18)15-39(37)11-3-10-35/h2,4-7,12-14,21,27,35H,3,8-11,15H2,1H3,(H,33,36)/t21-,39-/m1/s1. The van der Waals surface area contributed by atoms with Crippen LogP contribution in [-0.4, -0.2) is 53.7 Å². The van der Waals surface area contributed by atoms with Crippen molar-refractivity contribution < 1.29 is 27.6 Å². The second kappa shape index (κ2) is 11.5. The highest BCUT2D eigenvalue weighted by Crippen LogP contribution is 2.33. The first-order chi connectivity index (χ1) is 18.8. The number of nitrogens with zero attached hydrogens (tertiary/aromatic N) is 4. The van der Waals surface area contributed by atoms with Gasteiger partial charge in [-0.2, -0.15) is 8.78 Å². The zero-order valence-corrected chi connectivity index (χ0v) is 22.0. The summed E-state index contributed by atoms with van der Waals surface area (Å²) in [5, 5.41) is 11.9. The summed E-state index contributed by atoms with van der Waals surface area (Å²) in [6.07, 6.45) is 4.52. The van der Waals surface area contributed by atoms with Crippen LogP contribution in [0.25, 0.3) is 22.2 Å². The lowest BCUT2D eigenvalue weighted by Crippen LogP contribution is -2.28. The van der Waals surface area contributed by atoms with Crippen molar-refractivity contribution in [1.29, 1.82) is 0 Å². The number of carbonyl (C=O) groups is 1. The van der Waals surface area contributed by atoms with E-state index in [2.05, 4.69) is 24.6 Å². The Morgan fingerprint density at radius 2 is 2.03 bits per heavy atom. The van der Waals surface area contributed by atoms with Crippen molar-refractivity contribution >= 4 is 27.7 Å². The third kappa shape index (κ3) is 5.81. The Bertz CT molecular complexity index is 1530. The largest absolute Gasteiger partial charge is 0.435 e. The van der Waals surface area contributed by atoms with Gasteiger partial charge in [0.15, 0.2) is 0 Å². The van der Waals surface area contributed by atoms with Gasteiger partial charge in [-0.3, -0.25) is 9.00 Å². The first-order valence-electron chi connectivity index (χ1n) is 12.5. The Labute approximate surface area is 225 Å². The number of alkyl halides is 2. The second-order valence-corrected chi connectivity index (χ2v) is 10.8. The fraction of sp³-hybridized carbons (Fsp3) is 0.333. The number of ether oxygens (including phenoxy) is 1. The van der Waals surface area contributed by atoms with Crippen molar-refractivity contribution in [1.82, 2.24) is 24.8 Å². The number of hydrogen-bond acceptors (Lipinski definition) is 7. The Morgan fingerprint density at radius 1 is 1.23 bits per heavy atom. The molecule has 0 fully saturated rings. The molecule has 0 spiro atoms. The van der Waals surface area contributed by atoms with E-state index in [0.29, 0.717) is 36.5 Å². The van der Waals surface area contributed by atoms with Crippen LogP contribution in [0, 0.1) is 6.92 Å². The monoisotopic (exact) mass is 555 g/mol. The van der Waals surface area contributed by atoms with Gasteiger partial charge in [0.05, 0.1) is 22.8 Å². The minimum Gasteiger partial charge on any atom is -0.435 e. The van der Waals surface area contributed by atoms with Gasteiger partial charge in [-0.05, 0) is 49.6 Å². The van der Waals surface area contributed by atoms with Crippen LogP contribution in [0.5, 0.6) is 5.75 Å². The molecule has 2 aromatic heterocycles. The quantitative estimate of drug-likeness (QED) is 0.305. The number of amides is 1. The summed E-state index contributed by atoms with van der Waals surface area (Å²) < 4.78 is 44.0. The first-order valence-corrected chi connectivity index (χ1v) is 14.0.